The number of aliphatic carboxylic acids is 1. The van der Waals surface area contributed by atoms with Crippen LogP contribution in [0.2, 0.25) is 0 Å². The molecule has 0 radical (unpaired) electrons. The number of fused-ring (bicyclic) bond motifs is 3. The van der Waals surface area contributed by atoms with Crippen molar-refractivity contribution in [2.24, 2.45) is 11.8 Å². The van der Waals surface area contributed by atoms with Crippen LogP contribution in [-0.4, -0.2) is 34.2 Å². The summed E-state index contributed by atoms with van der Waals surface area (Å²) in [5, 5.41) is 9.03. The van der Waals surface area contributed by atoms with E-state index in [1.165, 1.54) is 17.0 Å². The third-order valence-corrected chi connectivity index (χ3v) is 6.65. The lowest BCUT2D eigenvalue weighted by molar-refractivity contribution is -0.138. The van der Waals surface area contributed by atoms with Crippen molar-refractivity contribution in [2.45, 2.75) is 37.7 Å². The van der Waals surface area contributed by atoms with Crippen LogP contribution in [0.5, 0.6) is 11.5 Å². The SMILES string of the molecule is O=C(O)Cc1cccc(Oc2ccc(C(F)(F)F)cc2CN2C(=O)OC3C4C=CC=CC4CC32)c1. The van der Waals surface area contributed by atoms with Gasteiger partial charge < -0.3 is 14.6 Å². The predicted octanol–water partition coefficient (Wildman–Crippen LogP) is 5.58. The Morgan fingerprint density at radius 1 is 1.14 bits per heavy atom. The van der Waals surface area contributed by atoms with Gasteiger partial charge in [-0.2, -0.15) is 13.2 Å². The topological polar surface area (TPSA) is 76.1 Å². The Bertz CT molecular complexity index is 1220. The van der Waals surface area contributed by atoms with Crippen molar-refractivity contribution in [3.63, 3.8) is 0 Å². The first-order chi connectivity index (χ1) is 16.7. The highest BCUT2D eigenvalue weighted by Gasteiger charge is 2.53. The molecule has 0 spiro atoms. The van der Waals surface area contributed by atoms with Crippen LogP contribution < -0.4 is 4.74 Å². The molecule has 35 heavy (non-hydrogen) atoms. The largest absolute Gasteiger partial charge is 0.481 e. The van der Waals surface area contributed by atoms with Crippen molar-refractivity contribution in [2.75, 3.05) is 0 Å². The van der Waals surface area contributed by atoms with E-state index in [1.54, 1.807) is 18.2 Å². The molecule has 182 valence electrons. The number of carbonyl (C=O) groups is 2. The van der Waals surface area contributed by atoms with Gasteiger partial charge in [0.15, 0.2) is 0 Å². The lowest BCUT2D eigenvalue weighted by Gasteiger charge is -2.23. The van der Waals surface area contributed by atoms with E-state index in [2.05, 4.69) is 6.08 Å². The second-order valence-corrected chi connectivity index (χ2v) is 8.93. The number of carboxylic acid groups (broad SMARTS) is 1. The Kier molecular flexibility index (Phi) is 5.78. The van der Waals surface area contributed by atoms with Crippen LogP contribution in [0, 0.1) is 11.8 Å². The minimum Gasteiger partial charge on any atom is -0.481 e. The van der Waals surface area contributed by atoms with Crippen LogP contribution in [0.3, 0.4) is 0 Å². The Morgan fingerprint density at radius 2 is 1.94 bits per heavy atom. The van der Waals surface area contributed by atoms with Gasteiger partial charge in [-0.3, -0.25) is 9.69 Å². The average Bonchev–Trinajstić information content (AvgIpc) is 3.29. The number of carbonyl (C=O) groups excluding carboxylic acids is 1. The molecule has 2 aliphatic carbocycles. The van der Waals surface area contributed by atoms with E-state index in [4.69, 9.17) is 14.6 Å². The van der Waals surface area contributed by atoms with Gasteiger partial charge in [0.05, 0.1) is 24.6 Å². The number of amides is 1. The summed E-state index contributed by atoms with van der Waals surface area (Å²) >= 11 is 0. The van der Waals surface area contributed by atoms with Gasteiger partial charge in [0, 0.05) is 11.5 Å². The maximum absolute atomic E-state index is 13.5. The minimum absolute atomic E-state index is 0.0492. The minimum atomic E-state index is -4.57. The van der Waals surface area contributed by atoms with Gasteiger partial charge in [-0.05, 0) is 48.2 Å². The zero-order valence-corrected chi connectivity index (χ0v) is 18.4. The quantitative estimate of drug-likeness (QED) is 0.579. The molecule has 4 unspecified atom stereocenters. The Labute approximate surface area is 199 Å². The monoisotopic (exact) mass is 485 g/mol. The average molecular weight is 485 g/mol. The van der Waals surface area contributed by atoms with Crippen LogP contribution in [0.15, 0.2) is 66.8 Å². The second kappa shape index (κ2) is 8.79. The number of allylic oxidation sites excluding steroid dienone is 3. The predicted molar refractivity (Wildman–Crippen MR) is 119 cm³/mol. The smallest absolute Gasteiger partial charge is 0.416 e. The van der Waals surface area contributed by atoms with Gasteiger partial charge in [-0.1, -0.05) is 36.4 Å². The van der Waals surface area contributed by atoms with E-state index in [-0.39, 0.29) is 54.0 Å². The Morgan fingerprint density at radius 3 is 2.71 bits per heavy atom. The van der Waals surface area contributed by atoms with Crippen LogP contribution in [0.1, 0.15) is 23.1 Å². The molecule has 1 heterocycles. The van der Waals surface area contributed by atoms with Gasteiger partial charge in [-0.25, -0.2) is 4.79 Å². The first kappa shape index (κ1) is 23.0. The summed E-state index contributed by atoms with van der Waals surface area (Å²) in [6.07, 6.45) is 2.90. The van der Waals surface area contributed by atoms with Crippen LogP contribution in [0.4, 0.5) is 18.0 Å². The summed E-state index contributed by atoms with van der Waals surface area (Å²) in [6, 6.07) is 9.22. The van der Waals surface area contributed by atoms with Crippen molar-refractivity contribution in [1.29, 1.82) is 0 Å². The molecule has 2 aromatic rings. The molecule has 2 aromatic carbocycles. The first-order valence-electron chi connectivity index (χ1n) is 11.2. The van der Waals surface area contributed by atoms with Gasteiger partial charge in [0.25, 0.3) is 0 Å². The highest BCUT2D eigenvalue weighted by Crippen LogP contribution is 2.45. The van der Waals surface area contributed by atoms with E-state index >= 15 is 0 Å². The van der Waals surface area contributed by atoms with Crippen molar-refractivity contribution in [1.82, 2.24) is 4.90 Å². The van der Waals surface area contributed by atoms with E-state index in [1.807, 2.05) is 18.2 Å². The number of ether oxygens (including phenoxy) is 2. The number of hydrogen-bond acceptors (Lipinski definition) is 4. The maximum atomic E-state index is 13.5. The Balaban J connectivity index is 1.44. The zero-order valence-electron chi connectivity index (χ0n) is 18.4. The molecule has 2 fully saturated rings. The molecule has 1 aliphatic heterocycles. The molecule has 4 atom stereocenters. The molecule has 1 saturated heterocycles. The Hall–Kier alpha value is -3.75. The number of rotatable bonds is 6. The molecule has 6 nitrogen and oxygen atoms in total. The van der Waals surface area contributed by atoms with E-state index in [0.717, 1.165) is 12.1 Å². The van der Waals surface area contributed by atoms with Gasteiger partial charge in [0.1, 0.15) is 17.6 Å². The molecule has 1 saturated carbocycles. The standard InChI is InChI=1S/C26H22F3NO5/c27-26(28,29)18-8-9-22(34-19-6-3-4-15(10-19)11-23(31)32)17(12-18)14-30-21-13-16-5-1-2-7-20(16)24(21)35-25(30)33/h1-10,12,16,20-21,24H,11,13-14H2,(H,31,32). The maximum Gasteiger partial charge on any atom is 0.416 e. The number of alkyl halides is 3. The summed E-state index contributed by atoms with van der Waals surface area (Å²) in [6.45, 7) is -0.110. The highest BCUT2D eigenvalue weighted by atomic mass is 19.4. The third kappa shape index (κ3) is 4.62. The molecule has 3 aliphatic rings. The van der Waals surface area contributed by atoms with E-state index in [0.29, 0.717) is 12.0 Å². The lowest BCUT2D eigenvalue weighted by atomic mass is 9.91. The summed E-state index contributed by atoms with van der Waals surface area (Å²) in [5.74, 6) is -0.319. The van der Waals surface area contributed by atoms with Gasteiger partial charge >= 0.3 is 18.2 Å². The van der Waals surface area contributed by atoms with Gasteiger partial charge in [-0.15, -0.1) is 0 Å². The van der Waals surface area contributed by atoms with Crippen LogP contribution in [0.25, 0.3) is 0 Å². The summed E-state index contributed by atoms with van der Waals surface area (Å²) in [4.78, 5) is 25.2. The van der Waals surface area contributed by atoms with Crippen molar-refractivity contribution < 1.29 is 37.3 Å². The van der Waals surface area contributed by atoms with Crippen molar-refractivity contribution in [3.05, 3.63) is 83.5 Å². The molecule has 1 N–H and O–H groups in total. The summed E-state index contributed by atoms with van der Waals surface area (Å²) in [7, 11) is 0. The molecular weight excluding hydrogens is 463 g/mol. The van der Waals surface area contributed by atoms with Crippen molar-refractivity contribution >= 4 is 12.1 Å². The first-order valence-corrected chi connectivity index (χ1v) is 11.2. The van der Waals surface area contributed by atoms with E-state index in [9.17, 15) is 22.8 Å². The fourth-order valence-corrected chi connectivity index (χ4v) is 5.07. The highest BCUT2D eigenvalue weighted by molar-refractivity contribution is 5.72. The van der Waals surface area contributed by atoms with Gasteiger partial charge in [0.2, 0.25) is 0 Å². The molecule has 1 amide bonds. The van der Waals surface area contributed by atoms with E-state index < -0.39 is 23.8 Å². The fourth-order valence-electron chi connectivity index (χ4n) is 5.07. The molecule has 0 aromatic heterocycles. The second-order valence-electron chi connectivity index (χ2n) is 8.93. The number of carboxylic acids is 1. The fraction of sp³-hybridized carbons (Fsp3) is 0.308. The summed E-state index contributed by atoms with van der Waals surface area (Å²) < 4.78 is 52.0. The summed E-state index contributed by atoms with van der Waals surface area (Å²) in [5.41, 5.74) is -0.180. The molecule has 5 rings (SSSR count). The lowest BCUT2D eigenvalue weighted by Crippen LogP contribution is -2.34. The molecule has 0 bridgehead atoms. The van der Waals surface area contributed by atoms with Crippen LogP contribution >= 0.6 is 0 Å². The normalized spacial score (nSPS) is 24.8. The third-order valence-electron chi connectivity index (χ3n) is 6.65. The zero-order chi connectivity index (χ0) is 24.7. The number of halogens is 3. The molecule has 9 heteroatoms. The molecular formula is C26H22F3NO5. The number of hydrogen-bond donors (Lipinski definition) is 1. The van der Waals surface area contributed by atoms with Crippen LogP contribution in [-0.2, 0) is 28.7 Å². The van der Waals surface area contributed by atoms with Crippen molar-refractivity contribution in [3.8, 4) is 11.5 Å². The number of benzene rings is 2. The number of nitrogens with zero attached hydrogens (tertiary/aromatic N) is 1.